The third-order valence-corrected chi connectivity index (χ3v) is 5.93. The lowest BCUT2D eigenvalue weighted by Crippen LogP contribution is -2.63. The quantitative estimate of drug-likeness (QED) is 0.151. The van der Waals surface area contributed by atoms with Gasteiger partial charge in [-0.05, 0) is 26.0 Å². The monoisotopic (exact) mass is 604 g/mol. The minimum absolute atomic E-state index is 0.160. The molecule has 0 radical (unpaired) electrons. The smallest absolute Gasteiger partial charge is 0.460 e. The molecule has 0 N–H and O–H groups in total. The van der Waals surface area contributed by atoms with Crippen LogP contribution in [0.3, 0.4) is 0 Å². The molecule has 0 fully saturated rings. The first-order valence-corrected chi connectivity index (χ1v) is 11.9. The number of benzene rings is 1. The van der Waals surface area contributed by atoms with Gasteiger partial charge in [0.25, 0.3) is 0 Å². The number of carbonyl (C=O) groups is 3. The maximum Gasteiger partial charge on any atom is 0.460 e. The fourth-order valence-corrected chi connectivity index (χ4v) is 3.60. The average Bonchev–Trinajstić information content (AvgIpc) is 2.76. The van der Waals surface area contributed by atoms with E-state index in [4.69, 9.17) is 0 Å². The number of hydrogen-bond acceptors (Lipinski definition) is 8. The molecule has 0 saturated carbocycles. The molecule has 0 aromatic heterocycles. The summed E-state index contributed by atoms with van der Waals surface area (Å²) in [6.07, 6.45) is -7.34. The SMILES string of the molecule is CCOC(=O)c1cc(OS(=O)(=O)C(F)(F)C(F)(F)C(F)(F)C(F)(F)F)c(C(=O)C(C)(C)C)c(C(=O)OCC)c1. The van der Waals surface area contributed by atoms with Gasteiger partial charge in [0.1, 0.15) is 0 Å². The highest BCUT2D eigenvalue weighted by Crippen LogP contribution is 2.55. The molecule has 1 rings (SSSR count). The van der Waals surface area contributed by atoms with Crippen molar-refractivity contribution in [3.63, 3.8) is 0 Å². The number of Topliss-reactive ketones (excluding diaryl/α,β-unsaturated/α-hetero) is 1. The van der Waals surface area contributed by atoms with Crippen LogP contribution in [0.1, 0.15) is 65.7 Å². The van der Waals surface area contributed by atoms with Crippen molar-refractivity contribution >= 4 is 27.8 Å². The van der Waals surface area contributed by atoms with Gasteiger partial charge >= 0.3 is 45.3 Å². The standard InChI is InChI=1S/C21H21F9O8S/c1-6-36-15(32)10-8-11(16(33)37-7-2)13(14(31)17(3,4)5)12(9-10)38-39(34,35)21(29,30)19(24,25)18(22,23)20(26,27)28/h8-9H,6-7H2,1-5H3. The topological polar surface area (TPSA) is 113 Å². The van der Waals surface area contributed by atoms with Gasteiger partial charge in [-0.25, -0.2) is 9.59 Å². The van der Waals surface area contributed by atoms with Crippen molar-refractivity contribution in [3.8, 4) is 5.75 Å². The van der Waals surface area contributed by atoms with Crippen LogP contribution in [0.4, 0.5) is 39.5 Å². The fourth-order valence-electron chi connectivity index (χ4n) is 2.68. The maximum absolute atomic E-state index is 14.3. The number of esters is 2. The molecule has 0 unspecified atom stereocenters. The zero-order chi connectivity index (χ0) is 31.0. The summed E-state index contributed by atoms with van der Waals surface area (Å²) in [5.41, 5.74) is -4.79. The molecule has 1 aromatic rings. The molecule has 0 heterocycles. The minimum atomic E-state index is -7.64. The van der Waals surface area contributed by atoms with Crippen LogP contribution >= 0.6 is 0 Å². The molecule has 1 aromatic carbocycles. The number of alkyl halides is 9. The second-order valence-corrected chi connectivity index (χ2v) is 10.2. The van der Waals surface area contributed by atoms with E-state index >= 15 is 0 Å². The lowest BCUT2D eigenvalue weighted by atomic mass is 9.83. The van der Waals surface area contributed by atoms with Crippen LogP contribution < -0.4 is 4.18 Å². The highest BCUT2D eigenvalue weighted by atomic mass is 32.2. The molecule has 0 atom stereocenters. The van der Waals surface area contributed by atoms with Crippen LogP contribution in [0, 0.1) is 5.41 Å². The Morgan fingerprint density at radius 3 is 1.64 bits per heavy atom. The Bertz CT molecular complexity index is 1230. The summed E-state index contributed by atoms with van der Waals surface area (Å²) < 4.78 is 158. The molecule has 39 heavy (non-hydrogen) atoms. The van der Waals surface area contributed by atoms with Gasteiger partial charge in [-0.1, -0.05) is 20.8 Å². The van der Waals surface area contributed by atoms with Crippen molar-refractivity contribution in [2.45, 2.75) is 57.9 Å². The summed E-state index contributed by atoms with van der Waals surface area (Å²) >= 11 is 0. The second-order valence-electron chi connectivity index (χ2n) is 8.62. The maximum atomic E-state index is 14.3. The Kier molecular flexibility index (Phi) is 9.45. The highest BCUT2D eigenvalue weighted by molar-refractivity contribution is 7.88. The van der Waals surface area contributed by atoms with E-state index in [2.05, 4.69) is 13.7 Å². The number of ether oxygens (including phenoxy) is 2. The predicted octanol–water partition coefficient (Wildman–Crippen LogP) is 5.40. The van der Waals surface area contributed by atoms with Crippen LogP contribution in [0.2, 0.25) is 0 Å². The van der Waals surface area contributed by atoms with E-state index in [1.165, 1.54) is 13.8 Å². The van der Waals surface area contributed by atoms with Crippen molar-refractivity contribution in [2.75, 3.05) is 13.2 Å². The zero-order valence-corrected chi connectivity index (χ0v) is 21.5. The van der Waals surface area contributed by atoms with Gasteiger partial charge in [0.05, 0.1) is 29.9 Å². The first-order chi connectivity index (χ1) is 17.3. The Labute approximate surface area is 215 Å². The van der Waals surface area contributed by atoms with Crippen LogP contribution in [-0.2, 0) is 19.6 Å². The van der Waals surface area contributed by atoms with Gasteiger partial charge in [0.2, 0.25) is 0 Å². The Balaban J connectivity index is 4.07. The largest absolute Gasteiger partial charge is 0.462 e. The van der Waals surface area contributed by atoms with Gasteiger partial charge < -0.3 is 13.7 Å². The Morgan fingerprint density at radius 1 is 0.769 bits per heavy atom. The fraction of sp³-hybridized carbons (Fsp3) is 0.571. The molecule has 0 aliphatic rings. The van der Waals surface area contributed by atoms with Crippen LogP contribution in [-0.4, -0.2) is 62.6 Å². The van der Waals surface area contributed by atoms with Crippen LogP contribution in [0.15, 0.2) is 12.1 Å². The number of rotatable bonds is 10. The van der Waals surface area contributed by atoms with Crippen LogP contribution in [0.25, 0.3) is 0 Å². The van der Waals surface area contributed by atoms with E-state index in [9.17, 15) is 62.3 Å². The first kappa shape index (κ1) is 34.0. The van der Waals surface area contributed by atoms with Gasteiger partial charge in [-0.3, -0.25) is 4.79 Å². The zero-order valence-electron chi connectivity index (χ0n) is 20.6. The summed E-state index contributed by atoms with van der Waals surface area (Å²) in [6.45, 7) is 5.20. The van der Waals surface area contributed by atoms with E-state index in [0.717, 1.165) is 20.8 Å². The molecular formula is C21H21F9O8S. The average molecular weight is 604 g/mol. The number of halogens is 9. The van der Waals surface area contributed by atoms with Gasteiger partial charge in [-0.15, -0.1) is 0 Å². The van der Waals surface area contributed by atoms with E-state index in [0.29, 0.717) is 6.07 Å². The lowest BCUT2D eigenvalue weighted by molar-refractivity contribution is -0.382. The molecule has 0 saturated heterocycles. The molecule has 18 heteroatoms. The highest BCUT2D eigenvalue weighted by Gasteiger charge is 2.86. The number of ketones is 1. The normalized spacial score (nSPS) is 13.6. The van der Waals surface area contributed by atoms with Gasteiger partial charge in [-0.2, -0.15) is 47.9 Å². The predicted molar refractivity (Wildman–Crippen MR) is 113 cm³/mol. The molecule has 0 bridgehead atoms. The molecule has 0 spiro atoms. The Morgan fingerprint density at radius 2 is 1.23 bits per heavy atom. The summed E-state index contributed by atoms with van der Waals surface area (Å²) in [6, 6.07) is 0.742. The molecular weight excluding hydrogens is 583 g/mol. The first-order valence-electron chi connectivity index (χ1n) is 10.5. The van der Waals surface area contributed by atoms with E-state index < -0.39 is 85.6 Å². The third kappa shape index (κ3) is 6.24. The van der Waals surface area contributed by atoms with Gasteiger partial charge in [0, 0.05) is 5.41 Å². The molecule has 8 nitrogen and oxygen atoms in total. The van der Waals surface area contributed by atoms with E-state index in [-0.39, 0.29) is 12.7 Å². The molecule has 0 amide bonds. The van der Waals surface area contributed by atoms with E-state index in [1.54, 1.807) is 0 Å². The van der Waals surface area contributed by atoms with Crippen molar-refractivity contribution < 1.29 is 76.0 Å². The van der Waals surface area contributed by atoms with Crippen molar-refractivity contribution in [2.24, 2.45) is 5.41 Å². The lowest BCUT2D eigenvalue weighted by Gasteiger charge is -2.32. The summed E-state index contributed by atoms with van der Waals surface area (Å²) in [7, 11) is -7.54. The Hall–Kier alpha value is -3.05. The minimum Gasteiger partial charge on any atom is -0.462 e. The van der Waals surface area contributed by atoms with Crippen LogP contribution in [0.5, 0.6) is 5.75 Å². The van der Waals surface area contributed by atoms with Gasteiger partial charge in [0.15, 0.2) is 11.5 Å². The summed E-state index contributed by atoms with van der Waals surface area (Å²) in [5.74, 6) is -21.2. The van der Waals surface area contributed by atoms with E-state index in [1.807, 2.05) is 0 Å². The molecule has 222 valence electrons. The van der Waals surface area contributed by atoms with Crippen molar-refractivity contribution in [1.82, 2.24) is 0 Å². The second kappa shape index (κ2) is 10.8. The van der Waals surface area contributed by atoms with Crippen molar-refractivity contribution in [3.05, 3.63) is 28.8 Å². The molecule has 0 aliphatic carbocycles. The number of carbonyl (C=O) groups excluding carboxylic acids is 3. The summed E-state index contributed by atoms with van der Waals surface area (Å²) in [5, 5.41) is -7.29. The number of hydrogen-bond donors (Lipinski definition) is 0. The summed E-state index contributed by atoms with van der Waals surface area (Å²) in [4.78, 5) is 37.8. The molecule has 0 aliphatic heterocycles. The third-order valence-electron chi connectivity index (χ3n) is 4.65. The van der Waals surface area contributed by atoms with Crippen molar-refractivity contribution in [1.29, 1.82) is 0 Å².